The van der Waals surface area contributed by atoms with Gasteiger partial charge >= 0.3 is 6.18 Å². The fourth-order valence-electron chi connectivity index (χ4n) is 3.68. The number of alkyl halides is 3. The Morgan fingerprint density at radius 3 is 2.48 bits per heavy atom. The topological polar surface area (TPSA) is 132 Å². The third-order valence-electron chi connectivity index (χ3n) is 5.76. The van der Waals surface area contributed by atoms with Gasteiger partial charge in [-0.05, 0) is 55.5 Å². The van der Waals surface area contributed by atoms with Gasteiger partial charge in [0.25, 0.3) is 11.6 Å². The maximum absolute atomic E-state index is 13.1. The monoisotopic (exact) mass is 682 g/mol. The van der Waals surface area contributed by atoms with E-state index in [-0.39, 0.29) is 45.2 Å². The van der Waals surface area contributed by atoms with Gasteiger partial charge in [-0.15, -0.1) is 10.2 Å². The summed E-state index contributed by atoms with van der Waals surface area (Å²) < 4.78 is 41.6. The van der Waals surface area contributed by atoms with E-state index in [4.69, 9.17) is 11.6 Å². The number of hydrogen-bond donors (Lipinski definition) is 2. The quantitative estimate of drug-likeness (QED) is 0.116. The zero-order valence-electron chi connectivity index (χ0n) is 21.4. The van der Waals surface area contributed by atoms with E-state index in [9.17, 15) is 32.9 Å². The van der Waals surface area contributed by atoms with E-state index in [0.717, 1.165) is 34.4 Å². The minimum atomic E-state index is -4.61. The van der Waals surface area contributed by atoms with Gasteiger partial charge in [0, 0.05) is 27.4 Å². The van der Waals surface area contributed by atoms with Gasteiger partial charge in [0.1, 0.15) is 0 Å². The number of benzene rings is 3. The molecule has 2 N–H and O–H groups in total. The van der Waals surface area contributed by atoms with Crippen molar-refractivity contribution >= 4 is 62.5 Å². The van der Waals surface area contributed by atoms with Crippen LogP contribution in [0.4, 0.5) is 24.5 Å². The van der Waals surface area contributed by atoms with Gasteiger partial charge in [0.15, 0.2) is 11.0 Å². The Kier molecular flexibility index (Phi) is 9.53. The third kappa shape index (κ3) is 7.46. The number of nitrogens with zero attached hydrogens (tertiary/aromatic N) is 4. The summed E-state index contributed by atoms with van der Waals surface area (Å²) in [6.45, 7) is 1.45. The van der Waals surface area contributed by atoms with E-state index in [1.807, 2.05) is 0 Å². The van der Waals surface area contributed by atoms with Crippen LogP contribution in [0.3, 0.4) is 0 Å². The first-order chi connectivity index (χ1) is 19.8. The largest absolute Gasteiger partial charge is 0.416 e. The normalized spacial score (nSPS) is 11.3. The van der Waals surface area contributed by atoms with Crippen molar-refractivity contribution < 1.29 is 27.7 Å². The van der Waals surface area contributed by atoms with Crippen LogP contribution in [-0.2, 0) is 17.5 Å². The molecule has 3 aromatic carbocycles. The number of nitro groups is 1. The smallest absolute Gasteiger partial charge is 0.345 e. The van der Waals surface area contributed by atoms with Crippen LogP contribution < -0.4 is 10.6 Å². The predicted molar refractivity (Wildman–Crippen MR) is 154 cm³/mol. The maximum atomic E-state index is 13.1. The van der Waals surface area contributed by atoms with Gasteiger partial charge in [-0.3, -0.25) is 24.3 Å². The van der Waals surface area contributed by atoms with E-state index in [1.165, 1.54) is 18.2 Å². The molecule has 0 aliphatic rings. The number of carbonyl (C=O) groups is 2. The number of rotatable bonds is 9. The molecule has 0 unspecified atom stereocenters. The van der Waals surface area contributed by atoms with Crippen LogP contribution in [-0.4, -0.2) is 37.3 Å². The SMILES string of the molecule is Cc1ccc(C(=O)NCc2nnc(SCC(=O)Nc3cc(C(F)(F)F)ccc3Cl)n2-c2ccc(Br)cc2)cc1[N+](=O)[O-]. The molecule has 0 aliphatic carbocycles. The summed E-state index contributed by atoms with van der Waals surface area (Å²) in [7, 11) is 0. The van der Waals surface area contributed by atoms with Gasteiger partial charge in [-0.1, -0.05) is 45.4 Å². The van der Waals surface area contributed by atoms with Gasteiger partial charge in [0.2, 0.25) is 5.91 Å². The highest BCUT2D eigenvalue weighted by atomic mass is 79.9. The average Bonchev–Trinajstić information content (AvgIpc) is 3.34. The van der Waals surface area contributed by atoms with Gasteiger partial charge < -0.3 is 10.6 Å². The van der Waals surface area contributed by atoms with Crippen molar-refractivity contribution in [3.63, 3.8) is 0 Å². The highest BCUT2D eigenvalue weighted by Gasteiger charge is 2.31. The first kappa shape index (κ1) is 31.0. The molecule has 0 fully saturated rings. The number of aryl methyl sites for hydroxylation is 1. The molecule has 1 aromatic heterocycles. The van der Waals surface area contributed by atoms with Crippen molar-refractivity contribution in [3.05, 3.63) is 103 Å². The lowest BCUT2D eigenvalue weighted by Crippen LogP contribution is -2.25. The molecule has 0 saturated carbocycles. The lowest BCUT2D eigenvalue weighted by atomic mass is 10.1. The van der Waals surface area contributed by atoms with E-state index in [0.29, 0.717) is 11.3 Å². The van der Waals surface area contributed by atoms with Crippen LogP contribution in [0.15, 0.2) is 70.3 Å². The molecule has 42 heavy (non-hydrogen) atoms. The van der Waals surface area contributed by atoms with E-state index in [1.54, 1.807) is 35.8 Å². The second kappa shape index (κ2) is 12.9. The second-order valence-corrected chi connectivity index (χ2v) is 10.9. The molecule has 0 aliphatic heterocycles. The number of amides is 2. The van der Waals surface area contributed by atoms with Crippen LogP contribution in [0.2, 0.25) is 5.02 Å². The lowest BCUT2D eigenvalue weighted by molar-refractivity contribution is -0.385. The van der Waals surface area contributed by atoms with Crippen LogP contribution in [0.25, 0.3) is 5.69 Å². The molecular weight excluding hydrogens is 665 g/mol. The zero-order valence-corrected chi connectivity index (χ0v) is 24.6. The molecule has 0 saturated heterocycles. The minimum absolute atomic E-state index is 0.0590. The Labute approximate surface area is 253 Å². The minimum Gasteiger partial charge on any atom is -0.345 e. The number of thioether (sulfide) groups is 1. The average molecular weight is 684 g/mol. The molecular formula is C26H19BrClF3N6O4S. The number of nitro benzene ring substituents is 1. The highest BCUT2D eigenvalue weighted by molar-refractivity contribution is 9.10. The Bertz CT molecular complexity index is 1670. The molecule has 218 valence electrons. The number of carbonyl (C=O) groups excluding carboxylic acids is 2. The van der Waals surface area contributed by atoms with Crippen LogP contribution in [0, 0.1) is 17.0 Å². The summed E-state index contributed by atoms with van der Waals surface area (Å²) in [6, 6.07) is 13.8. The van der Waals surface area contributed by atoms with E-state index < -0.39 is 28.5 Å². The van der Waals surface area contributed by atoms with Crippen LogP contribution >= 0.6 is 39.3 Å². The summed E-state index contributed by atoms with van der Waals surface area (Å²) in [5.41, 5.74) is -0.247. The fraction of sp³-hybridized carbons (Fsp3) is 0.154. The molecule has 1 heterocycles. The summed E-state index contributed by atoms with van der Waals surface area (Å²) in [5.74, 6) is -1.17. The standard InChI is InChI=1S/C26H19BrClF3N6O4S/c1-14-2-3-15(10-21(14)37(40)41)24(39)32-12-22-34-35-25(36(22)18-7-5-17(27)6-8-18)42-13-23(38)33-20-11-16(26(29,30)31)4-9-19(20)28/h2-11H,12-13H2,1H3,(H,32,39)(H,33,38). The Morgan fingerprint density at radius 2 is 1.81 bits per heavy atom. The number of nitrogens with one attached hydrogen (secondary N) is 2. The molecule has 2 amide bonds. The van der Waals surface area contributed by atoms with Gasteiger partial charge in [0.05, 0.1) is 33.5 Å². The number of hydrogen-bond acceptors (Lipinski definition) is 7. The molecule has 0 spiro atoms. The summed E-state index contributed by atoms with van der Waals surface area (Å²) in [5, 5.41) is 24.8. The molecule has 0 bridgehead atoms. The molecule has 4 rings (SSSR count). The van der Waals surface area contributed by atoms with Crippen molar-refractivity contribution in [1.82, 2.24) is 20.1 Å². The van der Waals surface area contributed by atoms with E-state index in [2.05, 4.69) is 36.8 Å². The van der Waals surface area contributed by atoms with Crippen molar-refractivity contribution in [1.29, 1.82) is 0 Å². The van der Waals surface area contributed by atoms with Crippen molar-refractivity contribution in [2.45, 2.75) is 24.8 Å². The maximum Gasteiger partial charge on any atom is 0.416 e. The molecule has 16 heteroatoms. The summed E-state index contributed by atoms with van der Waals surface area (Å²) in [4.78, 5) is 36.1. The molecule has 0 radical (unpaired) electrons. The summed E-state index contributed by atoms with van der Waals surface area (Å²) >= 11 is 10.3. The highest BCUT2D eigenvalue weighted by Crippen LogP contribution is 2.34. The Hall–Kier alpha value is -3.95. The molecule has 0 atom stereocenters. The van der Waals surface area contributed by atoms with Crippen LogP contribution in [0.5, 0.6) is 0 Å². The lowest BCUT2D eigenvalue weighted by Gasteiger charge is -2.13. The number of anilines is 1. The second-order valence-electron chi connectivity index (χ2n) is 8.68. The Balaban J connectivity index is 1.52. The zero-order chi connectivity index (χ0) is 30.6. The summed E-state index contributed by atoms with van der Waals surface area (Å²) in [6.07, 6.45) is -4.61. The van der Waals surface area contributed by atoms with E-state index >= 15 is 0 Å². The first-order valence-electron chi connectivity index (χ1n) is 11.9. The van der Waals surface area contributed by atoms with Crippen molar-refractivity contribution in [2.24, 2.45) is 0 Å². The predicted octanol–water partition coefficient (Wildman–Crippen LogP) is 6.58. The first-order valence-corrected chi connectivity index (χ1v) is 14.0. The molecule has 4 aromatic rings. The number of aromatic nitrogens is 3. The Morgan fingerprint density at radius 1 is 1.10 bits per heavy atom. The van der Waals surface area contributed by atoms with Crippen LogP contribution in [0.1, 0.15) is 27.3 Å². The van der Waals surface area contributed by atoms with Crippen molar-refractivity contribution in [3.8, 4) is 5.69 Å². The van der Waals surface area contributed by atoms with Crippen molar-refractivity contribution in [2.75, 3.05) is 11.1 Å². The van der Waals surface area contributed by atoms with Gasteiger partial charge in [-0.2, -0.15) is 13.2 Å². The fourth-order valence-corrected chi connectivity index (χ4v) is 4.88. The number of halogens is 5. The molecule has 10 nitrogen and oxygen atoms in total. The van der Waals surface area contributed by atoms with Gasteiger partial charge in [-0.25, -0.2) is 0 Å². The third-order valence-corrected chi connectivity index (χ3v) is 7.55.